The Morgan fingerprint density at radius 1 is 1.19 bits per heavy atom. The van der Waals surface area contributed by atoms with E-state index in [4.69, 9.17) is 4.74 Å². The van der Waals surface area contributed by atoms with E-state index >= 15 is 0 Å². The maximum atomic E-state index is 13.0. The van der Waals surface area contributed by atoms with E-state index in [2.05, 4.69) is 16.0 Å². The van der Waals surface area contributed by atoms with Crippen molar-refractivity contribution in [3.63, 3.8) is 0 Å². The second-order valence-corrected chi connectivity index (χ2v) is 9.81. The molecule has 0 aromatic heterocycles. The van der Waals surface area contributed by atoms with Crippen molar-refractivity contribution in [2.75, 3.05) is 13.2 Å². The molecule has 3 N–H and O–H groups in total. The minimum absolute atomic E-state index is 0.186. The van der Waals surface area contributed by atoms with Gasteiger partial charge in [0.05, 0.1) is 6.61 Å². The molecule has 2 bridgehead atoms. The predicted octanol–water partition coefficient (Wildman–Crippen LogP) is 2.14. The lowest BCUT2D eigenvalue weighted by molar-refractivity contribution is -0.140. The van der Waals surface area contributed by atoms with E-state index in [0.717, 1.165) is 24.0 Å². The minimum Gasteiger partial charge on any atom is -0.449 e. The molecule has 1 heterocycles. The van der Waals surface area contributed by atoms with Gasteiger partial charge in [-0.05, 0) is 35.3 Å². The summed E-state index contributed by atoms with van der Waals surface area (Å²) in [7, 11) is 0. The number of rotatable bonds is 5. The van der Waals surface area contributed by atoms with Crippen LogP contribution in [0.15, 0.2) is 24.3 Å². The number of carbonyl (C=O) groups is 4. The summed E-state index contributed by atoms with van der Waals surface area (Å²) in [5.41, 5.74) is 1.75. The molecule has 2 rings (SSSR count). The third-order valence-corrected chi connectivity index (χ3v) is 5.07. The lowest BCUT2D eigenvalue weighted by atomic mass is 9.98. The zero-order valence-electron chi connectivity index (χ0n) is 19.6. The summed E-state index contributed by atoms with van der Waals surface area (Å²) in [6.07, 6.45) is 0.990. The van der Waals surface area contributed by atoms with Gasteiger partial charge in [-0.1, -0.05) is 58.9 Å². The molecule has 8 nitrogen and oxygen atoms in total. The van der Waals surface area contributed by atoms with Gasteiger partial charge in [-0.2, -0.15) is 0 Å². The molecule has 0 saturated carbocycles. The molecule has 0 saturated heterocycles. The lowest BCUT2D eigenvalue weighted by Crippen LogP contribution is -2.56. The number of hydrogen-bond acceptors (Lipinski definition) is 5. The van der Waals surface area contributed by atoms with Crippen LogP contribution in [0.5, 0.6) is 0 Å². The number of amides is 3. The van der Waals surface area contributed by atoms with E-state index in [-0.39, 0.29) is 24.4 Å². The fourth-order valence-electron chi connectivity index (χ4n) is 3.34. The molecule has 0 spiro atoms. The van der Waals surface area contributed by atoms with Crippen molar-refractivity contribution in [2.24, 2.45) is 11.3 Å². The third-order valence-electron chi connectivity index (χ3n) is 5.07. The first kappa shape index (κ1) is 25.4. The van der Waals surface area contributed by atoms with Crippen molar-refractivity contribution >= 4 is 23.7 Å². The normalized spacial score (nSPS) is 18.2. The minimum atomic E-state index is -1.04. The smallest absolute Gasteiger partial charge is 0.407 e. The molecule has 0 aliphatic carbocycles. The highest BCUT2D eigenvalue weighted by molar-refractivity contribution is 6.38. The van der Waals surface area contributed by atoms with E-state index in [0.29, 0.717) is 6.54 Å². The van der Waals surface area contributed by atoms with E-state index in [1.807, 2.05) is 45.0 Å². The molecular formula is C24H35N3O5. The van der Waals surface area contributed by atoms with Gasteiger partial charge in [-0.25, -0.2) is 4.79 Å². The Bertz CT molecular complexity index is 844. The van der Waals surface area contributed by atoms with Crippen molar-refractivity contribution in [3.8, 4) is 0 Å². The summed E-state index contributed by atoms with van der Waals surface area (Å²) < 4.78 is 5.21. The van der Waals surface area contributed by atoms with Gasteiger partial charge in [0.2, 0.25) is 11.7 Å². The molecule has 3 amide bonds. The van der Waals surface area contributed by atoms with Crippen molar-refractivity contribution < 1.29 is 23.9 Å². The van der Waals surface area contributed by atoms with Crippen LogP contribution in [0.3, 0.4) is 0 Å². The number of alkyl carbamates (subject to hydrolysis) is 1. The maximum absolute atomic E-state index is 13.0. The van der Waals surface area contributed by atoms with Crippen LogP contribution < -0.4 is 16.0 Å². The Kier molecular flexibility index (Phi) is 8.80. The van der Waals surface area contributed by atoms with E-state index < -0.39 is 35.8 Å². The van der Waals surface area contributed by atoms with Gasteiger partial charge in [0.25, 0.3) is 5.91 Å². The zero-order valence-corrected chi connectivity index (χ0v) is 19.6. The summed E-state index contributed by atoms with van der Waals surface area (Å²) in [5.74, 6) is -2.22. The molecule has 176 valence electrons. The van der Waals surface area contributed by atoms with Crippen molar-refractivity contribution in [2.45, 2.75) is 66.0 Å². The van der Waals surface area contributed by atoms with Gasteiger partial charge in [-0.15, -0.1) is 0 Å². The average molecular weight is 446 g/mol. The largest absolute Gasteiger partial charge is 0.449 e. The molecule has 2 unspecified atom stereocenters. The van der Waals surface area contributed by atoms with E-state index in [9.17, 15) is 19.2 Å². The molecule has 2 atom stereocenters. The van der Waals surface area contributed by atoms with E-state index in [1.54, 1.807) is 13.8 Å². The van der Waals surface area contributed by atoms with Crippen molar-refractivity contribution in [1.82, 2.24) is 16.0 Å². The zero-order chi connectivity index (χ0) is 23.9. The fourth-order valence-corrected chi connectivity index (χ4v) is 3.34. The molecular weight excluding hydrogens is 410 g/mol. The monoisotopic (exact) mass is 445 g/mol. The second kappa shape index (κ2) is 11.1. The lowest BCUT2D eigenvalue weighted by Gasteiger charge is -2.25. The van der Waals surface area contributed by atoms with Crippen LogP contribution in [0.2, 0.25) is 0 Å². The molecule has 0 radical (unpaired) electrons. The number of ketones is 1. The molecule has 0 fully saturated rings. The third kappa shape index (κ3) is 7.98. The molecule has 1 aromatic rings. The van der Waals surface area contributed by atoms with Gasteiger partial charge in [0.1, 0.15) is 12.1 Å². The van der Waals surface area contributed by atoms with Crippen LogP contribution in [-0.2, 0) is 32.0 Å². The number of fused-ring (bicyclic) bond motifs is 2. The van der Waals surface area contributed by atoms with Crippen molar-refractivity contribution in [1.29, 1.82) is 0 Å². The van der Waals surface area contributed by atoms with Crippen LogP contribution in [0.4, 0.5) is 4.79 Å². The van der Waals surface area contributed by atoms with Crippen LogP contribution in [0.25, 0.3) is 0 Å². The number of Topliss-reactive ketones (excluding diaryl/α,β-unsaturated/α-hetero) is 1. The molecule has 1 aromatic carbocycles. The number of carbonyl (C=O) groups excluding carboxylic acids is 4. The van der Waals surface area contributed by atoms with Gasteiger partial charge in [-0.3, -0.25) is 14.4 Å². The van der Waals surface area contributed by atoms with E-state index in [1.165, 1.54) is 0 Å². The van der Waals surface area contributed by atoms with Crippen LogP contribution in [0, 0.1) is 11.3 Å². The Hall–Kier alpha value is -2.90. The average Bonchev–Trinajstić information content (AvgIpc) is 2.72. The molecule has 1 aliphatic rings. The second-order valence-electron chi connectivity index (χ2n) is 9.81. The summed E-state index contributed by atoms with van der Waals surface area (Å²) in [5, 5.41) is 7.90. The van der Waals surface area contributed by atoms with Crippen LogP contribution in [0.1, 0.15) is 52.2 Å². The number of ether oxygens (including phenoxy) is 1. The van der Waals surface area contributed by atoms with Gasteiger partial charge >= 0.3 is 6.09 Å². The van der Waals surface area contributed by atoms with Gasteiger partial charge in [0.15, 0.2) is 0 Å². The number of nitrogens with one attached hydrogen (secondary N) is 3. The Balaban J connectivity index is 2.16. The highest BCUT2D eigenvalue weighted by Crippen LogP contribution is 2.14. The first-order valence-electron chi connectivity index (χ1n) is 11.1. The molecule has 32 heavy (non-hydrogen) atoms. The van der Waals surface area contributed by atoms with Crippen LogP contribution >= 0.6 is 0 Å². The molecule has 1 aliphatic heterocycles. The Morgan fingerprint density at radius 3 is 2.53 bits per heavy atom. The number of benzene rings is 1. The molecule has 8 heteroatoms. The summed E-state index contributed by atoms with van der Waals surface area (Å²) in [6, 6.07) is 5.82. The first-order chi connectivity index (χ1) is 15.0. The summed E-state index contributed by atoms with van der Waals surface area (Å²) in [6.45, 7) is 9.93. The van der Waals surface area contributed by atoms with Crippen molar-refractivity contribution in [3.05, 3.63) is 35.4 Å². The Morgan fingerprint density at radius 2 is 1.88 bits per heavy atom. The van der Waals surface area contributed by atoms with Gasteiger partial charge < -0.3 is 20.7 Å². The highest BCUT2D eigenvalue weighted by atomic mass is 16.5. The summed E-state index contributed by atoms with van der Waals surface area (Å²) >= 11 is 0. The summed E-state index contributed by atoms with van der Waals surface area (Å²) in [4.78, 5) is 50.4. The quantitative estimate of drug-likeness (QED) is 0.601. The highest BCUT2D eigenvalue weighted by Gasteiger charge is 2.32. The predicted molar refractivity (Wildman–Crippen MR) is 121 cm³/mol. The van der Waals surface area contributed by atoms with Crippen LogP contribution in [-0.4, -0.2) is 48.9 Å². The SMILES string of the molecule is CC(C)C(NC(=O)OCC(C)(C)C)C(=O)NC1Cc2cccc(c2)CCCNC(=O)C1=O. The standard InChI is InChI=1S/C24H35N3O5/c1-15(2)19(27-23(31)32-14-24(3,4)5)21(29)26-18-13-17-9-6-8-16(12-17)10-7-11-25-22(30)20(18)28/h6,8-9,12,15,18-19H,7,10-11,13-14H2,1-5H3,(H,25,30)(H,26,29)(H,27,31). The maximum Gasteiger partial charge on any atom is 0.407 e. The van der Waals surface area contributed by atoms with Gasteiger partial charge in [0, 0.05) is 13.0 Å². The number of hydrogen-bond donors (Lipinski definition) is 3. The first-order valence-corrected chi connectivity index (χ1v) is 11.1. The number of aryl methyl sites for hydroxylation is 1. The Labute approximate surface area is 189 Å². The fraction of sp³-hybridized carbons (Fsp3) is 0.583. The topological polar surface area (TPSA) is 114 Å².